The van der Waals surface area contributed by atoms with Crippen molar-refractivity contribution in [2.75, 3.05) is 0 Å². The average molecular weight is 277 g/mol. The van der Waals surface area contributed by atoms with Crippen LogP contribution < -0.4 is 0 Å². The molecule has 2 aromatic rings. The first kappa shape index (κ1) is 14.3. The van der Waals surface area contributed by atoms with Gasteiger partial charge in [-0.15, -0.1) is 0 Å². The van der Waals surface area contributed by atoms with Gasteiger partial charge in [-0.3, -0.25) is 4.68 Å². The van der Waals surface area contributed by atoms with Crippen LogP contribution in [0, 0.1) is 0 Å². The van der Waals surface area contributed by atoms with Crippen molar-refractivity contribution in [1.29, 1.82) is 0 Å². The van der Waals surface area contributed by atoms with Crippen LogP contribution in [0.5, 0.6) is 0 Å². The van der Waals surface area contributed by atoms with E-state index >= 15 is 0 Å². The van der Waals surface area contributed by atoms with Crippen LogP contribution in [0.1, 0.15) is 56.8 Å². The molecule has 0 amide bonds. The van der Waals surface area contributed by atoms with Crippen molar-refractivity contribution in [2.24, 2.45) is 0 Å². The molecule has 2 aromatic heterocycles. The summed E-state index contributed by atoms with van der Waals surface area (Å²) in [5.74, 6) is -0.666. The maximum absolute atomic E-state index is 11.5. The van der Waals surface area contributed by atoms with Gasteiger partial charge in [-0.05, 0) is 13.8 Å². The van der Waals surface area contributed by atoms with Crippen LogP contribution in [-0.2, 0) is 5.41 Å². The second-order valence-corrected chi connectivity index (χ2v) is 6.09. The number of carboxylic acids is 1. The molecule has 108 valence electrons. The normalized spacial score (nSPS) is 12.1. The van der Waals surface area contributed by atoms with Crippen molar-refractivity contribution in [3.8, 4) is 11.3 Å². The first-order valence-corrected chi connectivity index (χ1v) is 6.49. The zero-order valence-corrected chi connectivity index (χ0v) is 12.3. The van der Waals surface area contributed by atoms with Gasteiger partial charge in [-0.2, -0.15) is 5.10 Å². The number of rotatable bonds is 3. The Morgan fingerprint density at radius 2 is 2.05 bits per heavy atom. The van der Waals surface area contributed by atoms with Gasteiger partial charge in [0.05, 0.1) is 6.20 Å². The lowest BCUT2D eigenvalue weighted by Gasteiger charge is -2.14. The van der Waals surface area contributed by atoms with Crippen LogP contribution in [-0.4, -0.2) is 26.0 Å². The lowest BCUT2D eigenvalue weighted by molar-refractivity contribution is 0.0693. The maximum atomic E-state index is 11.5. The van der Waals surface area contributed by atoms with E-state index in [0.29, 0.717) is 17.0 Å². The Balaban J connectivity index is 2.57. The number of hydrogen-bond donors (Lipinski definition) is 1. The Bertz CT molecular complexity index is 632. The lowest BCUT2D eigenvalue weighted by atomic mass is 9.89. The Labute approximate surface area is 117 Å². The van der Waals surface area contributed by atoms with E-state index < -0.39 is 11.4 Å². The molecule has 0 bridgehead atoms. The Kier molecular flexibility index (Phi) is 3.41. The first-order valence-electron chi connectivity index (χ1n) is 6.49. The summed E-state index contributed by atoms with van der Waals surface area (Å²) < 4.78 is 7.03. The molecule has 0 spiro atoms. The molecule has 0 saturated heterocycles. The number of aromatic carboxylic acids is 1. The van der Waals surface area contributed by atoms with E-state index in [2.05, 4.69) is 10.3 Å². The highest BCUT2D eigenvalue weighted by molar-refractivity contribution is 5.96. The largest absolute Gasteiger partial charge is 0.477 e. The monoisotopic (exact) mass is 277 g/mol. The molecule has 6 heteroatoms. The van der Waals surface area contributed by atoms with Crippen LogP contribution in [0.15, 0.2) is 16.9 Å². The minimum Gasteiger partial charge on any atom is -0.477 e. The third-order valence-corrected chi connectivity index (χ3v) is 2.99. The van der Waals surface area contributed by atoms with Gasteiger partial charge in [-0.1, -0.05) is 25.9 Å². The van der Waals surface area contributed by atoms with Crippen molar-refractivity contribution >= 4 is 5.97 Å². The van der Waals surface area contributed by atoms with E-state index in [0.717, 1.165) is 0 Å². The fourth-order valence-corrected chi connectivity index (χ4v) is 1.94. The predicted molar refractivity (Wildman–Crippen MR) is 73.8 cm³/mol. The summed E-state index contributed by atoms with van der Waals surface area (Å²) in [6, 6.07) is 0.200. The van der Waals surface area contributed by atoms with Crippen molar-refractivity contribution in [2.45, 2.75) is 46.1 Å². The molecule has 0 aliphatic carbocycles. The molecule has 0 unspecified atom stereocenters. The predicted octanol–water partition coefficient (Wildman–Crippen LogP) is 3.11. The van der Waals surface area contributed by atoms with Gasteiger partial charge in [0.25, 0.3) is 0 Å². The van der Waals surface area contributed by atoms with Gasteiger partial charge in [-0.25, -0.2) is 4.79 Å². The zero-order valence-electron chi connectivity index (χ0n) is 12.3. The molecule has 0 fully saturated rings. The molecule has 20 heavy (non-hydrogen) atoms. The number of hydrogen-bond acceptors (Lipinski definition) is 4. The average Bonchev–Trinajstić information content (AvgIpc) is 2.94. The van der Waals surface area contributed by atoms with Crippen molar-refractivity contribution < 1.29 is 14.4 Å². The summed E-state index contributed by atoms with van der Waals surface area (Å²) in [6.07, 6.45) is 3.39. The quantitative estimate of drug-likeness (QED) is 0.932. The van der Waals surface area contributed by atoms with E-state index in [1.165, 1.54) is 0 Å². The van der Waals surface area contributed by atoms with Crippen molar-refractivity contribution in [3.05, 3.63) is 23.7 Å². The standard InChI is InChI=1S/C14H19N3O3/c1-8(2)17-7-9(6-15-17)11-10(13(18)19)12(20-16-11)14(3,4)5/h6-8H,1-5H3,(H,18,19). The number of aromatic nitrogens is 3. The summed E-state index contributed by atoms with van der Waals surface area (Å²) >= 11 is 0. The topological polar surface area (TPSA) is 81.2 Å². The van der Waals surface area contributed by atoms with Gasteiger partial charge < -0.3 is 9.63 Å². The molecular formula is C14H19N3O3. The highest BCUT2D eigenvalue weighted by atomic mass is 16.5. The van der Waals surface area contributed by atoms with E-state index in [-0.39, 0.29) is 11.6 Å². The van der Waals surface area contributed by atoms with E-state index in [9.17, 15) is 9.90 Å². The molecule has 0 atom stereocenters. The summed E-state index contributed by atoms with van der Waals surface area (Å²) in [5, 5.41) is 17.6. The van der Waals surface area contributed by atoms with Crippen LogP contribution >= 0.6 is 0 Å². The fourth-order valence-electron chi connectivity index (χ4n) is 1.94. The van der Waals surface area contributed by atoms with Gasteiger partial charge in [0, 0.05) is 23.2 Å². The molecule has 1 N–H and O–H groups in total. The highest BCUT2D eigenvalue weighted by Crippen LogP contribution is 2.33. The van der Waals surface area contributed by atoms with Gasteiger partial charge >= 0.3 is 5.97 Å². The Morgan fingerprint density at radius 1 is 1.40 bits per heavy atom. The van der Waals surface area contributed by atoms with E-state index in [1.807, 2.05) is 34.6 Å². The summed E-state index contributed by atoms with van der Waals surface area (Å²) in [6.45, 7) is 9.67. The van der Waals surface area contributed by atoms with Crippen LogP contribution in [0.4, 0.5) is 0 Å². The second-order valence-electron chi connectivity index (χ2n) is 6.09. The third kappa shape index (κ3) is 2.45. The van der Waals surface area contributed by atoms with Crippen molar-refractivity contribution in [3.63, 3.8) is 0 Å². The SMILES string of the molecule is CC(C)n1cc(-c2noc(C(C)(C)C)c2C(=O)O)cn1. The fraction of sp³-hybridized carbons (Fsp3) is 0.500. The molecule has 0 aliphatic rings. The third-order valence-electron chi connectivity index (χ3n) is 2.99. The first-order chi connectivity index (χ1) is 9.21. The minimum atomic E-state index is -1.04. The van der Waals surface area contributed by atoms with E-state index in [1.54, 1.807) is 17.1 Å². The van der Waals surface area contributed by atoms with Crippen LogP contribution in [0.25, 0.3) is 11.3 Å². The van der Waals surface area contributed by atoms with Crippen LogP contribution in [0.3, 0.4) is 0 Å². The Morgan fingerprint density at radius 3 is 2.50 bits per heavy atom. The zero-order chi connectivity index (χ0) is 15.1. The highest BCUT2D eigenvalue weighted by Gasteiger charge is 2.31. The molecule has 0 saturated carbocycles. The van der Waals surface area contributed by atoms with Gasteiger partial charge in [0.1, 0.15) is 11.3 Å². The van der Waals surface area contributed by atoms with E-state index in [4.69, 9.17) is 4.52 Å². The molecular weight excluding hydrogens is 258 g/mol. The summed E-state index contributed by atoms with van der Waals surface area (Å²) in [5.41, 5.74) is 0.665. The Hall–Kier alpha value is -2.11. The molecule has 2 rings (SSSR count). The molecule has 2 heterocycles. The van der Waals surface area contributed by atoms with Gasteiger partial charge in [0.15, 0.2) is 5.76 Å². The summed E-state index contributed by atoms with van der Waals surface area (Å²) in [7, 11) is 0. The molecule has 0 aromatic carbocycles. The van der Waals surface area contributed by atoms with Crippen LogP contribution in [0.2, 0.25) is 0 Å². The molecule has 0 radical (unpaired) electrons. The number of nitrogens with zero attached hydrogens (tertiary/aromatic N) is 3. The molecule has 0 aliphatic heterocycles. The molecule has 6 nitrogen and oxygen atoms in total. The lowest BCUT2D eigenvalue weighted by Crippen LogP contribution is -2.15. The smallest absolute Gasteiger partial charge is 0.341 e. The summed E-state index contributed by atoms with van der Waals surface area (Å²) in [4.78, 5) is 11.5. The van der Waals surface area contributed by atoms with Crippen molar-refractivity contribution in [1.82, 2.24) is 14.9 Å². The number of carbonyl (C=O) groups is 1. The second kappa shape index (κ2) is 4.77. The van der Waals surface area contributed by atoms with Gasteiger partial charge in [0.2, 0.25) is 0 Å². The maximum Gasteiger partial charge on any atom is 0.341 e. The minimum absolute atomic E-state index is 0.112. The number of carboxylic acid groups (broad SMARTS) is 1.